The lowest BCUT2D eigenvalue weighted by Gasteiger charge is -2.19. The Balaban J connectivity index is 2.31. The van der Waals surface area contributed by atoms with Crippen molar-refractivity contribution in [2.24, 2.45) is 5.73 Å². The molecule has 5 N–H and O–H groups in total. The van der Waals surface area contributed by atoms with Gasteiger partial charge in [0.2, 0.25) is 5.97 Å². The molecule has 184 valence electrons. The number of nitrogens with one attached hydrogen (secondary N) is 1. The molecule has 0 amide bonds. The molecular weight excluding hydrogens is 465 g/mol. The first kappa shape index (κ1) is 25.9. The highest BCUT2D eigenvalue weighted by Crippen LogP contribution is 2.38. The zero-order valence-electron chi connectivity index (χ0n) is 18.8. The van der Waals surface area contributed by atoms with Crippen LogP contribution < -0.4 is 16.2 Å². The summed E-state index contributed by atoms with van der Waals surface area (Å²) in [6, 6.07) is 13.4. The van der Waals surface area contributed by atoms with Gasteiger partial charge in [0.15, 0.2) is 0 Å². The van der Waals surface area contributed by atoms with Crippen LogP contribution in [0.2, 0.25) is 0 Å². The van der Waals surface area contributed by atoms with E-state index in [1.807, 2.05) is 0 Å². The molecule has 4 nitrogen and oxygen atoms in total. The van der Waals surface area contributed by atoms with Crippen LogP contribution in [-0.4, -0.2) is 19.1 Å². The lowest BCUT2D eigenvalue weighted by molar-refractivity contribution is -0.137. The van der Waals surface area contributed by atoms with Crippen LogP contribution in [0.3, 0.4) is 0 Å². The number of rotatable bonds is 8. The van der Waals surface area contributed by atoms with Gasteiger partial charge < -0.3 is 16.2 Å². The van der Waals surface area contributed by atoms with Gasteiger partial charge in [-0.25, -0.2) is 4.39 Å². The van der Waals surface area contributed by atoms with E-state index in [-0.39, 0.29) is 23.2 Å². The molecular formula is C26H24F5N3O. The zero-order valence-corrected chi connectivity index (χ0v) is 18.8. The topological polar surface area (TPSA) is 85.1 Å². The smallest absolute Gasteiger partial charge is 0.416 e. The molecule has 0 aliphatic rings. The summed E-state index contributed by atoms with van der Waals surface area (Å²) in [5, 5.41) is 7.39. The molecule has 0 aromatic heterocycles. The van der Waals surface area contributed by atoms with Gasteiger partial charge in [-0.1, -0.05) is 25.1 Å². The van der Waals surface area contributed by atoms with Crippen LogP contribution >= 0.6 is 0 Å². The third-order valence-electron chi connectivity index (χ3n) is 5.34. The van der Waals surface area contributed by atoms with Gasteiger partial charge >= 0.3 is 6.18 Å². The monoisotopic (exact) mass is 489 g/mol. The second kappa shape index (κ2) is 10.7. The van der Waals surface area contributed by atoms with E-state index in [4.69, 9.17) is 21.6 Å². The number of anilines is 1. The lowest BCUT2D eigenvalue weighted by atomic mass is 9.87. The Morgan fingerprint density at radius 3 is 2.17 bits per heavy atom. The summed E-state index contributed by atoms with van der Waals surface area (Å²) in [5.41, 5.74) is 11.9. The van der Waals surface area contributed by atoms with Gasteiger partial charge in [-0.15, -0.1) is 0 Å². The van der Waals surface area contributed by atoms with Crippen LogP contribution in [-0.2, 0) is 6.18 Å². The maximum absolute atomic E-state index is 14.3. The number of alkyl halides is 3. The van der Waals surface area contributed by atoms with Crippen molar-refractivity contribution >= 4 is 22.8 Å². The molecule has 0 radical (unpaired) electrons. The largest absolute Gasteiger partial charge is 0.492 e. The number of benzene rings is 3. The van der Waals surface area contributed by atoms with E-state index in [0.717, 1.165) is 12.1 Å². The highest BCUT2D eigenvalue weighted by atomic mass is 19.4. The Kier molecular flexibility index (Phi) is 7.91. The molecule has 0 fully saturated rings. The fraction of sp³-hybridized carbons (Fsp3) is 0.192. The average molecular weight is 489 g/mol. The Hall–Kier alpha value is -3.72. The van der Waals surface area contributed by atoms with Crippen LogP contribution in [0.4, 0.5) is 27.6 Å². The number of hydrogen-bond donors (Lipinski definition) is 3. The van der Waals surface area contributed by atoms with Gasteiger partial charge in [-0.05, 0) is 76.7 Å². The Labute approximate surface area is 199 Å². The zero-order chi connectivity index (χ0) is 25.8. The Bertz CT molecular complexity index is 1250. The first-order valence-corrected chi connectivity index (χ1v) is 10.7. The van der Waals surface area contributed by atoms with Crippen molar-refractivity contribution in [2.45, 2.75) is 19.5 Å². The minimum atomic E-state index is -4.74. The van der Waals surface area contributed by atoms with Gasteiger partial charge in [0.25, 0.3) is 0 Å². The van der Waals surface area contributed by atoms with Crippen molar-refractivity contribution in [1.29, 1.82) is 5.41 Å². The molecule has 35 heavy (non-hydrogen) atoms. The molecule has 3 rings (SSSR count). The van der Waals surface area contributed by atoms with Gasteiger partial charge in [-0.3, -0.25) is 5.41 Å². The van der Waals surface area contributed by atoms with Crippen LogP contribution in [0.1, 0.15) is 41.2 Å². The van der Waals surface area contributed by atoms with Gasteiger partial charge in [0.05, 0.1) is 11.1 Å². The van der Waals surface area contributed by atoms with Crippen molar-refractivity contribution in [1.82, 2.24) is 0 Å². The quantitative estimate of drug-likeness (QED) is 0.148. The SMILES string of the molecule is CC/C(=C(/c1ccc(OCCN)cc1)c1ccc(N)c(C(=N)F)c1)c1cc(F)cc(C(F)(F)F)c1. The standard InChI is InChI=1S/C26H24F5N3O/c1-2-21(17-11-18(26(29,30)31)14-19(27)12-17)24(15-3-6-20(7-4-15)35-10-9-32)16-5-8-23(33)22(13-16)25(28)34/h3-8,11-14,34H,2,9-10,32-33H2,1H3/b24-21+,34-25?. The van der Waals surface area contributed by atoms with Gasteiger partial charge in [0.1, 0.15) is 18.2 Å². The highest BCUT2D eigenvalue weighted by Gasteiger charge is 2.32. The van der Waals surface area contributed by atoms with E-state index in [1.54, 1.807) is 37.3 Å². The van der Waals surface area contributed by atoms with Crippen molar-refractivity contribution in [3.63, 3.8) is 0 Å². The van der Waals surface area contributed by atoms with Crippen molar-refractivity contribution in [3.05, 3.63) is 94.3 Å². The molecule has 0 aliphatic heterocycles. The number of allylic oxidation sites excluding steroid dienone is 1. The summed E-state index contributed by atoms with van der Waals surface area (Å²) >= 11 is 0. The fourth-order valence-electron chi connectivity index (χ4n) is 3.76. The van der Waals surface area contributed by atoms with Gasteiger partial charge in [0, 0.05) is 12.2 Å². The van der Waals surface area contributed by atoms with Crippen molar-refractivity contribution in [2.75, 3.05) is 18.9 Å². The maximum atomic E-state index is 14.3. The minimum absolute atomic E-state index is 0.0342. The third-order valence-corrected chi connectivity index (χ3v) is 5.34. The molecule has 3 aromatic rings. The van der Waals surface area contributed by atoms with E-state index in [9.17, 15) is 22.0 Å². The normalized spacial score (nSPS) is 12.3. The average Bonchev–Trinajstić information content (AvgIpc) is 2.81. The molecule has 0 unspecified atom stereocenters. The number of halogens is 5. The minimum Gasteiger partial charge on any atom is -0.492 e. The number of nitrogens with two attached hydrogens (primary N) is 2. The highest BCUT2D eigenvalue weighted by molar-refractivity contribution is 6.02. The van der Waals surface area contributed by atoms with Crippen LogP contribution in [0, 0.1) is 11.2 Å². The maximum Gasteiger partial charge on any atom is 0.416 e. The van der Waals surface area contributed by atoms with Gasteiger partial charge in [-0.2, -0.15) is 17.6 Å². The second-order valence-electron chi connectivity index (χ2n) is 7.71. The van der Waals surface area contributed by atoms with Crippen LogP contribution in [0.5, 0.6) is 5.75 Å². The number of ether oxygens (including phenoxy) is 1. The summed E-state index contributed by atoms with van der Waals surface area (Å²) < 4.78 is 73.8. The summed E-state index contributed by atoms with van der Waals surface area (Å²) in [6.45, 7) is 2.34. The lowest BCUT2D eigenvalue weighted by Crippen LogP contribution is -2.10. The second-order valence-corrected chi connectivity index (χ2v) is 7.71. The number of hydrogen-bond acceptors (Lipinski definition) is 4. The Morgan fingerprint density at radius 2 is 1.60 bits per heavy atom. The fourth-order valence-corrected chi connectivity index (χ4v) is 3.76. The molecule has 0 spiro atoms. The van der Waals surface area contributed by atoms with E-state index >= 15 is 0 Å². The molecule has 9 heteroatoms. The van der Waals surface area contributed by atoms with E-state index in [2.05, 4.69) is 0 Å². The first-order chi connectivity index (χ1) is 16.5. The summed E-state index contributed by atoms with van der Waals surface area (Å²) in [7, 11) is 0. The molecule has 0 heterocycles. The van der Waals surface area contributed by atoms with Crippen molar-refractivity contribution in [3.8, 4) is 5.75 Å². The van der Waals surface area contributed by atoms with E-state index in [1.165, 1.54) is 12.1 Å². The molecule has 0 aliphatic carbocycles. The van der Waals surface area contributed by atoms with Crippen LogP contribution in [0.15, 0.2) is 60.7 Å². The van der Waals surface area contributed by atoms with Crippen molar-refractivity contribution < 1.29 is 26.7 Å². The van der Waals surface area contributed by atoms with E-state index in [0.29, 0.717) is 47.2 Å². The molecule has 3 aromatic carbocycles. The molecule has 0 saturated heterocycles. The Morgan fingerprint density at radius 1 is 0.943 bits per heavy atom. The molecule has 0 atom stereocenters. The predicted molar refractivity (Wildman–Crippen MR) is 127 cm³/mol. The predicted octanol–water partition coefficient (Wildman–Crippen LogP) is 6.43. The van der Waals surface area contributed by atoms with Crippen LogP contribution in [0.25, 0.3) is 11.1 Å². The summed E-state index contributed by atoms with van der Waals surface area (Å²) in [5.74, 6) is -1.75. The molecule has 0 saturated carbocycles. The first-order valence-electron chi connectivity index (χ1n) is 10.7. The number of nitrogen functional groups attached to an aromatic ring is 1. The van der Waals surface area contributed by atoms with E-state index < -0.39 is 23.5 Å². The summed E-state index contributed by atoms with van der Waals surface area (Å²) in [4.78, 5) is 0. The molecule has 0 bridgehead atoms. The summed E-state index contributed by atoms with van der Waals surface area (Å²) in [6.07, 6.45) is -4.51. The third kappa shape index (κ3) is 6.05.